The molecule has 0 fully saturated rings. The van der Waals surface area contributed by atoms with Gasteiger partial charge in [-0.1, -0.05) is 24.3 Å². The number of anilines is 1. The van der Waals surface area contributed by atoms with Gasteiger partial charge in [-0.05, 0) is 48.2 Å². The van der Waals surface area contributed by atoms with Crippen LogP contribution in [-0.2, 0) is 17.7 Å². The summed E-state index contributed by atoms with van der Waals surface area (Å²) in [7, 11) is 1.35. The Kier molecular flexibility index (Phi) is 4.51. The van der Waals surface area contributed by atoms with Crippen LogP contribution in [0.3, 0.4) is 0 Å². The summed E-state index contributed by atoms with van der Waals surface area (Å²) in [6.45, 7) is 3.16. The molecule has 2 aromatic rings. The first kappa shape index (κ1) is 16.1. The normalized spacial score (nSPS) is 13.2. The van der Waals surface area contributed by atoms with Gasteiger partial charge in [0.1, 0.15) is 0 Å². The lowest BCUT2D eigenvalue weighted by Gasteiger charge is -2.29. The van der Waals surface area contributed by atoms with E-state index in [-0.39, 0.29) is 12.0 Å². The fourth-order valence-corrected chi connectivity index (χ4v) is 2.91. The number of benzene rings is 2. The molecule has 0 aliphatic carbocycles. The maximum absolute atomic E-state index is 12.5. The minimum absolute atomic E-state index is 0.126. The minimum Gasteiger partial charge on any atom is -0.465 e. The van der Waals surface area contributed by atoms with Crippen LogP contribution in [0.2, 0.25) is 0 Å². The molecule has 5 heteroatoms. The molecular formula is C19H20N2O3. The second kappa shape index (κ2) is 6.74. The maximum Gasteiger partial charge on any atom is 0.337 e. The van der Waals surface area contributed by atoms with E-state index in [2.05, 4.69) is 17.4 Å². The molecule has 0 unspecified atom stereocenters. The number of nitrogens with one attached hydrogen (secondary N) is 1. The Morgan fingerprint density at radius 2 is 1.88 bits per heavy atom. The predicted octanol–water partition coefficient (Wildman–Crippen LogP) is 3.37. The monoisotopic (exact) mass is 324 g/mol. The molecule has 0 saturated heterocycles. The number of carbonyl (C=O) groups is 2. The van der Waals surface area contributed by atoms with Crippen molar-refractivity contribution in [1.29, 1.82) is 0 Å². The molecule has 5 nitrogen and oxygen atoms in total. The molecule has 0 aromatic heterocycles. The number of fused-ring (bicyclic) bond motifs is 1. The van der Waals surface area contributed by atoms with Gasteiger partial charge in [0.2, 0.25) is 0 Å². The van der Waals surface area contributed by atoms with Crippen LogP contribution in [0.1, 0.15) is 27.0 Å². The van der Waals surface area contributed by atoms with Crippen LogP contribution in [0.4, 0.5) is 10.5 Å². The van der Waals surface area contributed by atoms with Gasteiger partial charge in [-0.3, -0.25) is 0 Å². The van der Waals surface area contributed by atoms with E-state index in [1.807, 2.05) is 19.1 Å². The molecule has 0 spiro atoms. The van der Waals surface area contributed by atoms with Crippen molar-refractivity contribution in [3.05, 3.63) is 64.7 Å². The quantitative estimate of drug-likeness (QED) is 0.862. The highest BCUT2D eigenvalue weighted by atomic mass is 16.5. The van der Waals surface area contributed by atoms with Crippen LogP contribution >= 0.6 is 0 Å². The van der Waals surface area contributed by atoms with E-state index in [0.717, 1.165) is 12.0 Å². The fourth-order valence-electron chi connectivity index (χ4n) is 2.91. The molecule has 2 aromatic carbocycles. The standard InChI is InChI=1S/C19H20N2O3/c1-13-11-15(18(22)24-2)7-8-17(13)20-19(23)21-10-9-14-5-3-4-6-16(14)12-21/h3-8,11H,9-10,12H2,1-2H3,(H,20,23). The van der Waals surface area contributed by atoms with Gasteiger partial charge in [-0.2, -0.15) is 0 Å². The number of urea groups is 1. The minimum atomic E-state index is -0.386. The molecule has 0 bridgehead atoms. The number of hydrogen-bond acceptors (Lipinski definition) is 3. The summed E-state index contributed by atoms with van der Waals surface area (Å²) in [5, 5.41) is 2.93. The number of aryl methyl sites for hydroxylation is 1. The molecule has 0 saturated carbocycles. The third-order valence-electron chi connectivity index (χ3n) is 4.31. The Bertz CT molecular complexity index is 786. The largest absolute Gasteiger partial charge is 0.465 e. The number of ether oxygens (including phenoxy) is 1. The molecule has 2 amide bonds. The van der Waals surface area contributed by atoms with Crippen LogP contribution in [0.5, 0.6) is 0 Å². The second-order valence-corrected chi connectivity index (χ2v) is 5.89. The van der Waals surface area contributed by atoms with Gasteiger partial charge in [0, 0.05) is 18.8 Å². The zero-order valence-corrected chi connectivity index (χ0v) is 13.8. The van der Waals surface area contributed by atoms with Crippen LogP contribution in [-0.4, -0.2) is 30.6 Å². The number of esters is 1. The van der Waals surface area contributed by atoms with Gasteiger partial charge < -0.3 is 15.0 Å². The molecule has 0 atom stereocenters. The van der Waals surface area contributed by atoms with E-state index in [1.165, 1.54) is 18.2 Å². The smallest absolute Gasteiger partial charge is 0.337 e. The molecule has 1 aliphatic rings. The summed E-state index contributed by atoms with van der Waals surface area (Å²) in [4.78, 5) is 25.9. The van der Waals surface area contributed by atoms with Gasteiger partial charge in [0.05, 0.1) is 12.7 Å². The Labute approximate surface area is 141 Å². The molecule has 0 radical (unpaired) electrons. The first-order valence-corrected chi connectivity index (χ1v) is 7.90. The third-order valence-corrected chi connectivity index (χ3v) is 4.31. The Hall–Kier alpha value is -2.82. The van der Waals surface area contributed by atoms with Crippen LogP contribution in [0.25, 0.3) is 0 Å². The van der Waals surface area contributed by atoms with Crippen molar-refractivity contribution < 1.29 is 14.3 Å². The average molecular weight is 324 g/mol. The summed E-state index contributed by atoms with van der Waals surface area (Å²) in [6, 6.07) is 13.2. The predicted molar refractivity (Wildman–Crippen MR) is 92.1 cm³/mol. The average Bonchev–Trinajstić information content (AvgIpc) is 2.62. The lowest BCUT2D eigenvalue weighted by Crippen LogP contribution is -2.39. The van der Waals surface area contributed by atoms with Crippen LogP contribution < -0.4 is 5.32 Å². The topological polar surface area (TPSA) is 58.6 Å². The van der Waals surface area contributed by atoms with Crippen molar-refractivity contribution in [2.45, 2.75) is 19.9 Å². The van der Waals surface area contributed by atoms with Gasteiger partial charge in [0.15, 0.2) is 0 Å². The van der Waals surface area contributed by atoms with Crippen molar-refractivity contribution in [3.8, 4) is 0 Å². The van der Waals surface area contributed by atoms with Gasteiger partial charge in [-0.15, -0.1) is 0 Å². The summed E-state index contributed by atoms with van der Waals surface area (Å²) in [6.07, 6.45) is 0.865. The molecular weight excluding hydrogens is 304 g/mol. The van der Waals surface area contributed by atoms with Crippen LogP contribution in [0.15, 0.2) is 42.5 Å². The van der Waals surface area contributed by atoms with E-state index in [4.69, 9.17) is 4.74 Å². The second-order valence-electron chi connectivity index (χ2n) is 5.89. The highest BCUT2D eigenvalue weighted by molar-refractivity contribution is 5.93. The van der Waals surface area contributed by atoms with Crippen molar-refractivity contribution in [1.82, 2.24) is 4.90 Å². The van der Waals surface area contributed by atoms with Crippen LogP contribution in [0, 0.1) is 6.92 Å². The molecule has 1 aliphatic heterocycles. The number of rotatable bonds is 2. The third kappa shape index (κ3) is 3.25. The molecule has 1 N–H and O–H groups in total. The number of methoxy groups -OCH3 is 1. The SMILES string of the molecule is COC(=O)c1ccc(NC(=O)N2CCc3ccccc3C2)c(C)c1. The molecule has 1 heterocycles. The summed E-state index contributed by atoms with van der Waals surface area (Å²) in [5.74, 6) is -0.386. The number of nitrogens with zero attached hydrogens (tertiary/aromatic N) is 1. The number of carbonyl (C=O) groups excluding carboxylic acids is 2. The van der Waals surface area contributed by atoms with E-state index in [9.17, 15) is 9.59 Å². The van der Waals surface area contributed by atoms with Gasteiger partial charge >= 0.3 is 12.0 Å². The lowest BCUT2D eigenvalue weighted by atomic mass is 10.0. The highest BCUT2D eigenvalue weighted by Crippen LogP contribution is 2.21. The number of hydrogen-bond donors (Lipinski definition) is 1. The van der Waals surface area contributed by atoms with E-state index >= 15 is 0 Å². The summed E-state index contributed by atoms with van der Waals surface area (Å²) >= 11 is 0. The van der Waals surface area contributed by atoms with Gasteiger partial charge in [0.25, 0.3) is 0 Å². The summed E-state index contributed by atoms with van der Waals surface area (Å²) < 4.78 is 4.71. The Morgan fingerprint density at radius 1 is 1.12 bits per heavy atom. The van der Waals surface area contributed by atoms with Gasteiger partial charge in [-0.25, -0.2) is 9.59 Å². The molecule has 3 rings (SSSR count). The Morgan fingerprint density at radius 3 is 2.58 bits per heavy atom. The first-order valence-electron chi connectivity index (χ1n) is 7.90. The first-order chi connectivity index (χ1) is 11.6. The maximum atomic E-state index is 12.5. The van der Waals surface area contributed by atoms with Crippen molar-refractivity contribution in [3.63, 3.8) is 0 Å². The lowest BCUT2D eigenvalue weighted by molar-refractivity contribution is 0.0600. The zero-order valence-electron chi connectivity index (χ0n) is 13.8. The fraction of sp³-hybridized carbons (Fsp3) is 0.263. The Balaban J connectivity index is 1.70. The molecule has 124 valence electrons. The van der Waals surface area contributed by atoms with E-state index < -0.39 is 0 Å². The van der Waals surface area contributed by atoms with Crippen molar-refractivity contribution >= 4 is 17.7 Å². The van der Waals surface area contributed by atoms with E-state index in [1.54, 1.807) is 23.1 Å². The summed E-state index contributed by atoms with van der Waals surface area (Å²) in [5.41, 5.74) is 4.49. The molecule has 24 heavy (non-hydrogen) atoms. The number of amides is 2. The highest BCUT2D eigenvalue weighted by Gasteiger charge is 2.21. The van der Waals surface area contributed by atoms with Crippen molar-refractivity contribution in [2.75, 3.05) is 19.0 Å². The van der Waals surface area contributed by atoms with E-state index in [0.29, 0.717) is 24.3 Å². The van der Waals surface area contributed by atoms with Crippen molar-refractivity contribution in [2.24, 2.45) is 0 Å². The zero-order chi connectivity index (χ0) is 17.1.